The fourth-order valence-electron chi connectivity index (χ4n) is 4.02. The third-order valence-electron chi connectivity index (χ3n) is 5.77. The van der Waals surface area contributed by atoms with E-state index in [0.29, 0.717) is 0 Å². The molecule has 6 aromatic rings. The molecule has 0 unspecified atom stereocenters. The maximum Gasteiger partial charge on any atom is 0.0947 e. The Balaban J connectivity index is 1.64. The molecule has 0 atom stereocenters. The molecule has 156 valence electrons. The molecule has 0 saturated heterocycles. The maximum absolute atomic E-state index is 6.49. The first-order chi connectivity index (χ1) is 15.5. The predicted molar refractivity (Wildman–Crippen MR) is 139 cm³/mol. The molecule has 0 bridgehead atoms. The number of pyridine rings is 2. The Hall–Kier alpha value is -3.48. The van der Waals surface area contributed by atoms with Crippen molar-refractivity contribution >= 4 is 63.9 Å². The molecule has 0 aliphatic carbocycles. The van der Waals surface area contributed by atoms with Gasteiger partial charge in [-0.2, -0.15) is 0 Å². The van der Waals surface area contributed by atoms with Gasteiger partial charge in [0, 0.05) is 11.1 Å². The quantitative estimate of drug-likeness (QED) is 0.292. The molecule has 0 amide bonds. The maximum atomic E-state index is 6.49. The van der Waals surface area contributed by atoms with Crippen molar-refractivity contribution in [2.24, 2.45) is 0 Å². The van der Waals surface area contributed by atoms with Crippen LogP contribution in [-0.2, 0) is 0 Å². The lowest BCUT2D eigenvalue weighted by Gasteiger charge is -2.06. The molecule has 4 aromatic heterocycles. The van der Waals surface area contributed by atoms with Crippen molar-refractivity contribution in [3.63, 3.8) is 0 Å². The molecule has 4 N–H and O–H groups in total. The minimum absolute atomic E-state index is 0.745. The van der Waals surface area contributed by atoms with Gasteiger partial charge >= 0.3 is 0 Å². The Kier molecular flexibility index (Phi) is 4.22. The third-order valence-corrected chi connectivity index (χ3v) is 8.31. The number of anilines is 2. The molecule has 2 aromatic carbocycles. The molecule has 4 nitrogen and oxygen atoms in total. The molecular weight excluding hydrogens is 432 g/mol. The van der Waals surface area contributed by atoms with E-state index in [4.69, 9.17) is 21.4 Å². The summed E-state index contributed by atoms with van der Waals surface area (Å²) in [5.41, 5.74) is 22.5. The molecule has 0 aliphatic rings. The van der Waals surface area contributed by atoms with E-state index in [0.717, 1.165) is 63.7 Å². The van der Waals surface area contributed by atoms with E-state index in [9.17, 15) is 0 Å². The van der Waals surface area contributed by atoms with Crippen LogP contribution in [0.3, 0.4) is 0 Å². The van der Waals surface area contributed by atoms with Crippen LogP contribution in [0.25, 0.3) is 52.3 Å². The van der Waals surface area contributed by atoms with Gasteiger partial charge in [-0.1, -0.05) is 59.7 Å². The molecule has 4 heterocycles. The molecule has 6 rings (SSSR count). The number of rotatable bonds is 2. The smallest absolute Gasteiger partial charge is 0.0947 e. The van der Waals surface area contributed by atoms with Gasteiger partial charge in [0.1, 0.15) is 0 Å². The highest BCUT2D eigenvalue weighted by Gasteiger charge is 2.20. The fourth-order valence-corrected chi connectivity index (χ4v) is 6.49. The standard InChI is InChI=1S/C26H20N4S2/c1-13-3-7-15(8-4-13)19-11-17(27)24-22(29-19)21-23-25(32-26(21)31-24)18(28)12-20(30-23)16-9-5-14(2)6-10-16/h3-12H,1-2H3,(H2,27,29)(H2,28,30). The van der Waals surface area contributed by atoms with E-state index in [-0.39, 0.29) is 0 Å². The van der Waals surface area contributed by atoms with Gasteiger partial charge in [0.25, 0.3) is 0 Å². The van der Waals surface area contributed by atoms with Crippen LogP contribution < -0.4 is 11.5 Å². The van der Waals surface area contributed by atoms with Crippen LogP contribution in [0, 0.1) is 13.8 Å². The third kappa shape index (κ3) is 2.95. The highest BCUT2D eigenvalue weighted by Crippen LogP contribution is 2.47. The van der Waals surface area contributed by atoms with E-state index >= 15 is 0 Å². The Labute approximate surface area is 193 Å². The van der Waals surface area contributed by atoms with Crippen LogP contribution in [0.2, 0.25) is 0 Å². The molecule has 32 heavy (non-hydrogen) atoms. The summed E-state index contributed by atoms with van der Waals surface area (Å²) in [5, 5.41) is 1.05. The Morgan fingerprint density at radius 2 is 1.03 bits per heavy atom. The zero-order valence-corrected chi connectivity index (χ0v) is 19.3. The first-order valence-corrected chi connectivity index (χ1v) is 12.0. The Bertz CT molecular complexity index is 1520. The summed E-state index contributed by atoms with van der Waals surface area (Å²) in [5.74, 6) is 0. The molecule has 0 spiro atoms. The minimum atomic E-state index is 0.745. The van der Waals surface area contributed by atoms with Crippen molar-refractivity contribution in [3.05, 3.63) is 71.8 Å². The molecule has 0 aliphatic heterocycles. The summed E-state index contributed by atoms with van der Waals surface area (Å²) in [6, 6.07) is 20.7. The second kappa shape index (κ2) is 7.02. The fraction of sp³-hybridized carbons (Fsp3) is 0.0769. The second-order valence-corrected chi connectivity index (χ2v) is 10.4. The molecule has 0 saturated carbocycles. The van der Waals surface area contributed by atoms with Gasteiger partial charge in [0.2, 0.25) is 0 Å². The number of nitrogens with two attached hydrogens (primary N) is 2. The summed E-state index contributed by atoms with van der Waals surface area (Å²) < 4.78 is 3.16. The summed E-state index contributed by atoms with van der Waals surface area (Å²) >= 11 is 3.34. The van der Waals surface area contributed by atoms with Gasteiger partial charge < -0.3 is 11.5 Å². The highest BCUT2D eigenvalue weighted by molar-refractivity contribution is 7.45. The average molecular weight is 453 g/mol. The number of aryl methyl sites for hydroxylation is 2. The van der Waals surface area contributed by atoms with Crippen molar-refractivity contribution in [2.75, 3.05) is 11.5 Å². The average Bonchev–Trinajstić information content (AvgIpc) is 3.32. The number of hydrogen-bond acceptors (Lipinski definition) is 6. The summed E-state index contributed by atoms with van der Waals surface area (Å²) in [4.78, 5) is 10.1. The summed E-state index contributed by atoms with van der Waals surface area (Å²) in [6.45, 7) is 4.16. The molecule has 6 heteroatoms. The lowest BCUT2D eigenvalue weighted by molar-refractivity contribution is 1.39. The highest BCUT2D eigenvalue weighted by atomic mass is 32.2. The predicted octanol–water partition coefficient (Wildman–Crippen LogP) is 7.17. The summed E-state index contributed by atoms with van der Waals surface area (Å²) in [6.07, 6.45) is 0. The number of fused-ring (bicyclic) bond motifs is 5. The van der Waals surface area contributed by atoms with Gasteiger partial charge in [0.05, 0.1) is 52.6 Å². The van der Waals surface area contributed by atoms with E-state index in [1.165, 1.54) is 11.1 Å². The number of nitrogens with zero attached hydrogens (tertiary/aromatic N) is 2. The van der Waals surface area contributed by atoms with Crippen LogP contribution in [0.4, 0.5) is 11.4 Å². The van der Waals surface area contributed by atoms with Crippen LogP contribution in [-0.4, -0.2) is 9.97 Å². The van der Waals surface area contributed by atoms with Crippen molar-refractivity contribution in [1.82, 2.24) is 9.97 Å². The van der Waals surface area contributed by atoms with Crippen LogP contribution >= 0.6 is 22.7 Å². The van der Waals surface area contributed by atoms with Crippen molar-refractivity contribution in [3.8, 4) is 22.5 Å². The van der Waals surface area contributed by atoms with Crippen molar-refractivity contribution < 1.29 is 0 Å². The van der Waals surface area contributed by atoms with Gasteiger partial charge in [-0.3, -0.25) is 0 Å². The monoisotopic (exact) mass is 452 g/mol. The zero-order valence-electron chi connectivity index (χ0n) is 17.6. The van der Waals surface area contributed by atoms with E-state index in [2.05, 4.69) is 62.4 Å². The molecule has 0 fully saturated rings. The van der Waals surface area contributed by atoms with Crippen LogP contribution in [0.5, 0.6) is 0 Å². The van der Waals surface area contributed by atoms with E-state index in [1.54, 1.807) is 22.7 Å². The first kappa shape index (κ1) is 19.2. The zero-order chi connectivity index (χ0) is 22.0. The van der Waals surface area contributed by atoms with Gasteiger partial charge in [-0.25, -0.2) is 9.97 Å². The number of benzene rings is 2. The summed E-state index contributed by atoms with van der Waals surface area (Å²) in [7, 11) is 0. The van der Waals surface area contributed by atoms with E-state index < -0.39 is 0 Å². The molecular formula is C26H20N4S2. The van der Waals surface area contributed by atoms with E-state index in [1.807, 2.05) is 12.1 Å². The number of thiophene rings is 2. The van der Waals surface area contributed by atoms with Crippen LogP contribution in [0.1, 0.15) is 11.1 Å². The SMILES string of the molecule is Cc1ccc(-c2cc(N)c3sc4sc5c(N)cc(-c6ccc(C)cc6)nc5c4c3n2)cc1. The minimum Gasteiger partial charge on any atom is -0.397 e. The van der Waals surface area contributed by atoms with Gasteiger partial charge in [0.15, 0.2) is 0 Å². The second-order valence-electron chi connectivity index (χ2n) is 8.15. The number of aromatic nitrogens is 2. The lowest BCUT2D eigenvalue weighted by atomic mass is 10.1. The lowest BCUT2D eigenvalue weighted by Crippen LogP contribution is -1.92. The van der Waals surface area contributed by atoms with Crippen LogP contribution in [0.15, 0.2) is 60.7 Å². The largest absolute Gasteiger partial charge is 0.397 e. The topological polar surface area (TPSA) is 77.8 Å². The Morgan fingerprint density at radius 1 is 0.625 bits per heavy atom. The number of hydrogen-bond donors (Lipinski definition) is 2. The number of nitrogen functional groups attached to an aromatic ring is 2. The normalized spacial score (nSPS) is 11.7. The van der Waals surface area contributed by atoms with Gasteiger partial charge in [-0.05, 0) is 26.0 Å². The van der Waals surface area contributed by atoms with Crippen molar-refractivity contribution in [2.45, 2.75) is 13.8 Å². The van der Waals surface area contributed by atoms with Crippen molar-refractivity contribution in [1.29, 1.82) is 0 Å². The van der Waals surface area contributed by atoms with Gasteiger partial charge in [-0.15, -0.1) is 22.7 Å². The first-order valence-electron chi connectivity index (χ1n) is 10.3. The Morgan fingerprint density at radius 3 is 1.44 bits per heavy atom. The molecule has 0 radical (unpaired) electrons.